The molecule has 3 aromatic carbocycles. The van der Waals surface area contributed by atoms with Gasteiger partial charge in [0.1, 0.15) is 4.90 Å². The molecule has 0 fully saturated rings. The smallest absolute Gasteiger partial charge is 0.0936 e. The quantitative estimate of drug-likeness (QED) is 0.422. The van der Waals surface area contributed by atoms with Crippen molar-refractivity contribution in [3.05, 3.63) is 78.9 Å². The van der Waals surface area contributed by atoms with Gasteiger partial charge in [-0.1, -0.05) is 80.1 Å². The number of hydrogen-bond donors (Lipinski definition) is 0. The minimum Gasteiger partial charge on any atom is -0.0936 e. The van der Waals surface area contributed by atoms with E-state index in [2.05, 4.69) is 0 Å². The molecule has 3 aromatic rings. The van der Waals surface area contributed by atoms with Crippen molar-refractivity contribution in [2.75, 3.05) is 0 Å². The predicted molar refractivity (Wildman–Crippen MR) is 88.7 cm³/mol. The molecule has 0 aliphatic heterocycles. The summed E-state index contributed by atoms with van der Waals surface area (Å²) in [5, 5.41) is 0. The number of halogens is 5. The van der Waals surface area contributed by atoms with Crippen LogP contribution in [0.5, 0.6) is 0 Å². The van der Waals surface area contributed by atoms with Crippen LogP contribution in [0, 0.1) is 0 Å². The fourth-order valence-corrected chi connectivity index (χ4v) is 3.12. The zero-order chi connectivity index (χ0) is 17.5. The van der Waals surface area contributed by atoms with Gasteiger partial charge in [-0.15, -0.1) is 0 Å². The van der Waals surface area contributed by atoms with Crippen LogP contribution in [0.4, 0.5) is 19.4 Å². The normalized spacial score (nSPS) is 14.7. The van der Waals surface area contributed by atoms with E-state index in [1.54, 1.807) is 60.7 Å². The third-order valence-corrected chi connectivity index (χ3v) is 4.69. The highest BCUT2D eigenvalue weighted by Crippen LogP contribution is 3.02. The molecule has 0 N–H and O–H groups in total. The third kappa shape index (κ3) is 3.59. The monoisotopic (exact) mass is 356 g/mol. The predicted octanol–water partition coefficient (Wildman–Crippen LogP) is 7.68. The number of rotatable bonds is 3. The van der Waals surface area contributed by atoms with Crippen molar-refractivity contribution in [2.45, 2.75) is 4.90 Å². The Morgan fingerprint density at radius 1 is 0.458 bits per heavy atom. The molecule has 0 amide bonds. The minimum absolute atomic E-state index is 0.0974. The van der Waals surface area contributed by atoms with Crippen LogP contribution in [0.25, 0.3) is 22.3 Å². The van der Waals surface area contributed by atoms with E-state index in [1.165, 1.54) is 6.07 Å². The summed E-state index contributed by atoms with van der Waals surface area (Å²) in [6, 6.07) is 18.8. The van der Waals surface area contributed by atoms with E-state index in [0.717, 1.165) is 0 Å². The van der Waals surface area contributed by atoms with Gasteiger partial charge in [0.15, 0.2) is 0 Å². The summed E-state index contributed by atoms with van der Waals surface area (Å²) in [7, 11) is -9.78. The second kappa shape index (κ2) is 4.83. The zero-order valence-corrected chi connectivity index (χ0v) is 13.1. The molecule has 0 saturated heterocycles. The van der Waals surface area contributed by atoms with Crippen molar-refractivity contribution in [2.24, 2.45) is 0 Å². The Bertz CT molecular complexity index is 815. The second-order valence-electron chi connectivity index (χ2n) is 5.45. The molecule has 0 bridgehead atoms. The van der Waals surface area contributed by atoms with Crippen molar-refractivity contribution in [1.29, 1.82) is 0 Å². The summed E-state index contributed by atoms with van der Waals surface area (Å²) in [6.07, 6.45) is 0. The molecule has 24 heavy (non-hydrogen) atoms. The summed E-state index contributed by atoms with van der Waals surface area (Å²) in [5.41, 5.74) is 1.08. The molecule has 0 nitrogen and oxygen atoms in total. The Balaban J connectivity index is 2.29. The summed E-state index contributed by atoms with van der Waals surface area (Å²) in [5.74, 6) is 0. The SMILES string of the molecule is FS(F)(F)(F)(F)c1cc(-c2ccccc2)cc(-c2ccccc2)c1. The van der Waals surface area contributed by atoms with Gasteiger partial charge in [-0.3, -0.25) is 0 Å². The van der Waals surface area contributed by atoms with Gasteiger partial charge in [-0.05, 0) is 40.5 Å². The molecule has 0 spiro atoms. The second-order valence-corrected chi connectivity index (χ2v) is 7.86. The first kappa shape index (κ1) is 16.5. The van der Waals surface area contributed by atoms with Crippen LogP contribution < -0.4 is 0 Å². The molecule has 0 radical (unpaired) electrons. The van der Waals surface area contributed by atoms with Gasteiger partial charge >= 0.3 is 10.2 Å². The van der Waals surface area contributed by atoms with E-state index < -0.39 is 15.1 Å². The first-order valence-corrected chi connectivity index (χ1v) is 8.98. The maximum absolute atomic E-state index is 13.3. The molecule has 3 rings (SSSR count). The molecule has 0 saturated carbocycles. The van der Waals surface area contributed by atoms with Crippen molar-refractivity contribution in [1.82, 2.24) is 0 Å². The molecule has 0 aromatic heterocycles. The average molecular weight is 356 g/mol. The Hall–Kier alpha value is -2.34. The summed E-state index contributed by atoms with van der Waals surface area (Å²) >= 11 is 0. The lowest BCUT2D eigenvalue weighted by molar-refractivity contribution is 0.364. The van der Waals surface area contributed by atoms with Gasteiger partial charge in [-0.2, -0.15) is 0 Å². The largest absolute Gasteiger partial charge is 0.310 e. The van der Waals surface area contributed by atoms with E-state index >= 15 is 0 Å². The Labute approximate surface area is 136 Å². The van der Waals surface area contributed by atoms with Gasteiger partial charge in [0.05, 0.1) is 0 Å². The van der Waals surface area contributed by atoms with Crippen LogP contribution in [0.15, 0.2) is 83.8 Å². The van der Waals surface area contributed by atoms with Crippen LogP contribution in [-0.4, -0.2) is 0 Å². The van der Waals surface area contributed by atoms with Gasteiger partial charge in [0.2, 0.25) is 0 Å². The van der Waals surface area contributed by atoms with E-state index in [-0.39, 0.29) is 11.1 Å². The van der Waals surface area contributed by atoms with Gasteiger partial charge in [0.25, 0.3) is 0 Å². The molecule has 0 aliphatic rings. The summed E-state index contributed by atoms with van der Waals surface area (Å²) in [4.78, 5) is -1.88. The highest BCUT2D eigenvalue weighted by Gasteiger charge is 2.65. The van der Waals surface area contributed by atoms with Crippen molar-refractivity contribution < 1.29 is 19.4 Å². The van der Waals surface area contributed by atoms with Crippen LogP contribution in [-0.2, 0) is 0 Å². The molecule has 126 valence electrons. The molecule has 0 unspecified atom stereocenters. The lowest BCUT2D eigenvalue weighted by Crippen LogP contribution is -2.06. The molecule has 6 heteroatoms. The van der Waals surface area contributed by atoms with Gasteiger partial charge < -0.3 is 0 Å². The average Bonchev–Trinajstić information content (AvgIpc) is 2.54. The van der Waals surface area contributed by atoms with E-state index in [0.29, 0.717) is 23.3 Å². The molecular formula is C18H13F5S. The molecule has 0 aliphatic carbocycles. The minimum atomic E-state index is -9.78. The van der Waals surface area contributed by atoms with E-state index in [9.17, 15) is 19.4 Å². The highest BCUT2D eigenvalue weighted by molar-refractivity contribution is 8.45. The van der Waals surface area contributed by atoms with Crippen molar-refractivity contribution in [3.8, 4) is 22.3 Å². The Kier molecular flexibility index (Phi) is 3.32. The van der Waals surface area contributed by atoms with Gasteiger partial charge in [-0.25, -0.2) is 0 Å². The van der Waals surface area contributed by atoms with Crippen LogP contribution in [0.1, 0.15) is 0 Å². The lowest BCUT2D eigenvalue weighted by Gasteiger charge is -2.41. The van der Waals surface area contributed by atoms with E-state index in [1.807, 2.05) is 0 Å². The molecular weight excluding hydrogens is 343 g/mol. The van der Waals surface area contributed by atoms with E-state index in [4.69, 9.17) is 0 Å². The molecule has 0 atom stereocenters. The van der Waals surface area contributed by atoms with Crippen LogP contribution >= 0.6 is 10.2 Å². The first-order chi connectivity index (χ1) is 11.0. The molecule has 0 heterocycles. The summed E-state index contributed by atoms with van der Waals surface area (Å²) in [6.45, 7) is 0. The van der Waals surface area contributed by atoms with Gasteiger partial charge in [0, 0.05) is 0 Å². The zero-order valence-electron chi connectivity index (χ0n) is 12.3. The maximum Gasteiger partial charge on any atom is 0.310 e. The van der Waals surface area contributed by atoms with Crippen molar-refractivity contribution >= 4 is 10.2 Å². The Morgan fingerprint density at radius 2 is 0.833 bits per heavy atom. The fourth-order valence-electron chi connectivity index (χ4n) is 2.42. The van der Waals surface area contributed by atoms with Crippen molar-refractivity contribution in [3.63, 3.8) is 0 Å². The Morgan fingerprint density at radius 3 is 1.17 bits per heavy atom. The summed E-state index contributed by atoms with van der Waals surface area (Å²) < 4.78 is 66.7. The third-order valence-electron chi connectivity index (χ3n) is 3.57. The fraction of sp³-hybridized carbons (Fsp3) is 0. The number of hydrogen-bond acceptors (Lipinski definition) is 0. The maximum atomic E-state index is 13.3. The highest BCUT2D eigenvalue weighted by atomic mass is 32.5. The lowest BCUT2D eigenvalue weighted by atomic mass is 9.99. The topological polar surface area (TPSA) is 0 Å². The number of benzene rings is 3. The first-order valence-electron chi connectivity index (χ1n) is 7.03. The van der Waals surface area contributed by atoms with Crippen LogP contribution in [0.2, 0.25) is 0 Å². The van der Waals surface area contributed by atoms with Crippen LogP contribution in [0.3, 0.4) is 0 Å². The standard InChI is InChI=1S/C18H13F5S/c19-24(20,21,22,23)18-12-16(14-7-3-1-4-8-14)11-17(13-18)15-9-5-2-6-10-15/h1-13H.